The second-order valence-electron chi connectivity index (χ2n) is 6.02. The van der Waals surface area contributed by atoms with E-state index >= 15 is 0 Å². The molecule has 9 nitrogen and oxygen atoms in total. The van der Waals surface area contributed by atoms with Gasteiger partial charge in [-0.1, -0.05) is 0 Å². The highest BCUT2D eigenvalue weighted by atomic mass is 16.6. The number of aliphatic imine (C=N–C) groups is 1. The Morgan fingerprint density at radius 2 is 1.79 bits per heavy atom. The fourth-order valence-corrected chi connectivity index (χ4v) is 2.91. The molecule has 0 saturated heterocycles. The summed E-state index contributed by atoms with van der Waals surface area (Å²) < 4.78 is 21.2. The molecule has 0 aliphatic carbocycles. The first-order valence-corrected chi connectivity index (χ1v) is 8.46. The Balaban J connectivity index is 2.01. The van der Waals surface area contributed by atoms with Gasteiger partial charge in [0.15, 0.2) is 17.2 Å². The zero-order valence-electron chi connectivity index (χ0n) is 16.2. The Morgan fingerprint density at radius 1 is 1.07 bits per heavy atom. The Bertz CT molecular complexity index is 1060. The second kappa shape index (κ2) is 8.01. The molecule has 1 heterocycles. The van der Waals surface area contributed by atoms with E-state index in [1.807, 2.05) is 0 Å². The monoisotopic (exact) mass is 398 g/mol. The van der Waals surface area contributed by atoms with E-state index in [9.17, 15) is 14.9 Å². The van der Waals surface area contributed by atoms with Crippen molar-refractivity contribution in [2.24, 2.45) is 4.99 Å². The average Bonchev–Trinajstić information content (AvgIpc) is 3.07. The van der Waals surface area contributed by atoms with Crippen LogP contribution in [0.25, 0.3) is 6.08 Å². The third-order valence-corrected chi connectivity index (χ3v) is 4.29. The molecule has 0 N–H and O–H groups in total. The van der Waals surface area contributed by atoms with Crippen molar-refractivity contribution in [3.63, 3.8) is 0 Å². The normalized spacial score (nSPS) is 14.4. The molecular formula is C20H18N2O7. The molecule has 29 heavy (non-hydrogen) atoms. The lowest BCUT2D eigenvalue weighted by Gasteiger charge is -2.14. The number of carbonyl (C=O) groups is 1. The van der Waals surface area contributed by atoms with Gasteiger partial charge in [0.25, 0.3) is 5.69 Å². The molecule has 0 unspecified atom stereocenters. The molecule has 2 aromatic carbocycles. The largest absolute Gasteiger partial charge is 0.493 e. The van der Waals surface area contributed by atoms with Crippen LogP contribution in [0.1, 0.15) is 16.7 Å². The number of nitro benzene ring substituents is 1. The molecular weight excluding hydrogens is 380 g/mol. The van der Waals surface area contributed by atoms with E-state index in [-0.39, 0.29) is 17.3 Å². The SMILES string of the molecule is COc1ccc(/C=C2\N=C(c3ccc([N+](=O)[O-])c(C)c3)OC2=O)c(OC)c1OC. The number of cyclic esters (lactones) is 1. The number of methoxy groups -OCH3 is 3. The van der Waals surface area contributed by atoms with Crippen molar-refractivity contribution < 1.29 is 28.7 Å². The predicted octanol–water partition coefficient (Wildman–Crippen LogP) is 3.27. The number of benzene rings is 2. The van der Waals surface area contributed by atoms with Gasteiger partial charge in [-0.2, -0.15) is 0 Å². The van der Waals surface area contributed by atoms with Crippen molar-refractivity contribution in [1.29, 1.82) is 0 Å². The van der Waals surface area contributed by atoms with Crippen LogP contribution in [0, 0.1) is 17.0 Å². The number of esters is 1. The zero-order chi connectivity index (χ0) is 21.1. The Labute approximate surface area is 166 Å². The zero-order valence-corrected chi connectivity index (χ0v) is 16.2. The summed E-state index contributed by atoms with van der Waals surface area (Å²) in [6.45, 7) is 1.60. The minimum Gasteiger partial charge on any atom is -0.493 e. The van der Waals surface area contributed by atoms with Crippen LogP contribution in [-0.2, 0) is 9.53 Å². The van der Waals surface area contributed by atoms with Gasteiger partial charge in [-0.25, -0.2) is 9.79 Å². The smallest absolute Gasteiger partial charge is 0.363 e. The molecule has 0 aromatic heterocycles. The Hall–Kier alpha value is -3.88. The van der Waals surface area contributed by atoms with E-state index in [1.165, 1.54) is 39.5 Å². The minimum absolute atomic E-state index is 0.0236. The highest BCUT2D eigenvalue weighted by molar-refractivity contribution is 6.13. The standard InChI is InChI=1S/C20H18N2O7/c1-11-9-13(5-7-15(11)22(24)25)19-21-14(20(23)29-19)10-12-6-8-16(26-2)18(28-4)17(12)27-3/h5-10H,1-4H3/b14-10-. The summed E-state index contributed by atoms with van der Waals surface area (Å²) in [5, 5.41) is 11.0. The molecule has 0 saturated carbocycles. The van der Waals surface area contributed by atoms with Gasteiger partial charge < -0.3 is 18.9 Å². The lowest BCUT2D eigenvalue weighted by Crippen LogP contribution is -2.06. The van der Waals surface area contributed by atoms with Crippen molar-refractivity contribution in [1.82, 2.24) is 0 Å². The van der Waals surface area contributed by atoms with Crippen molar-refractivity contribution >= 4 is 23.6 Å². The Kier molecular flexibility index (Phi) is 5.49. The number of rotatable bonds is 6. The molecule has 0 spiro atoms. The highest BCUT2D eigenvalue weighted by Gasteiger charge is 2.26. The van der Waals surface area contributed by atoms with Gasteiger partial charge in [-0.15, -0.1) is 0 Å². The van der Waals surface area contributed by atoms with Crippen LogP contribution in [0.3, 0.4) is 0 Å². The second-order valence-corrected chi connectivity index (χ2v) is 6.02. The van der Waals surface area contributed by atoms with Gasteiger partial charge in [-0.05, 0) is 37.3 Å². The van der Waals surface area contributed by atoms with Crippen LogP contribution < -0.4 is 14.2 Å². The molecule has 2 aromatic rings. The quantitative estimate of drug-likeness (QED) is 0.318. The van der Waals surface area contributed by atoms with Crippen molar-refractivity contribution in [2.75, 3.05) is 21.3 Å². The lowest BCUT2D eigenvalue weighted by atomic mass is 10.1. The lowest BCUT2D eigenvalue weighted by molar-refractivity contribution is -0.385. The van der Waals surface area contributed by atoms with Gasteiger partial charge in [0.1, 0.15) is 0 Å². The van der Waals surface area contributed by atoms with Gasteiger partial charge >= 0.3 is 5.97 Å². The summed E-state index contributed by atoms with van der Waals surface area (Å²) in [6, 6.07) is 7.75. The number of aryl methyl sites for hydroxylation is 1. The topological polar surface area (TPSA) is 109 Å². The van der Waals surface area contributed by atoms with E-state index in [4.69, 9.17) is 18.9 Å². The van der Waals surface area contributed by atoms with Crippen LogP contribution in [0.5, 0.6) is 17.2 Å². The van der Waals surface area contributed by atoms with E-state index < -0.39 is 10.9 Å². The van der Waals surface area contributed by atoms with E-state index in [0.29, 0.717) is 33.9 Å². The van der Waals surface area contributed by atoms with Gasteiger partial charge in [0, 0.05) is 22.8 Å². The third kappa shape index (κ3) is 3.75. The third-order valence-electron chi connectivity index (χ3n) is 4.29. The van der Waals surface area contributed by atoms with Crippen LogP contribution in [0.15, 0.2) is 41.0 Å². The summed E-state index contributed by atoms with van der Waals surface area (Å²) >= 11 is 0. The number of hydrogen-bond donors (Lipinski definition) is 0. The first-order valence-electron chi connectivity index (χ1n) is 8.46. The summed E-state index contributed by atoms with van der Waals surface area (Å²) in [4.78, 5) is 27.0. The molecule has 3 rings (SSSR count). The van der Waals surface area contributed by atoms with E-state index in [2.05, 4.69) is 4.99 Å². The number of nitro groups is 1. The van der Waals surface area contributed by atoms with Crippen molar-refractivity contribution in [3.05, 3.63) is 62.8 Å². The molecule has 0 radical (unpaired) electrons. The van der Waals surface area contributed by atoms with Gasteiger partial charge in [0.05, 0.1) is 26.3 Å². The van der Waals surface area contributed by atoms with Gasteiger partial charge in [0.2, 0.25) is 11.6 Å². The molecule has 1 aliphatic heterocycles. The molecule has 0 atom stereocenters. The average molecular weight is 398 g/mol. The minimum atomic E-state index is -0.646. The summed E-state index contributed by atoms with van der Waals surface area (Å²) in [5.41, 5.74) is 1.47. The van der Waals surface area contributed by atoms with Crippen LogP contribution >= 0.6 is 0 Å². The molecule has 0 fully saturated rings. The number of ether oxygens (including phenoxy) is 4. The molecule has 0 bridgehead atoms. The Morgan fingerprint density at radius 3 is 2.38 bits per heavy atom. The maximum atomic E-state index is 12.3. The van der Waals surface area contributed by atoms with Crippen LogP contribution in [0.2, 0.25) is 0 Å². The summed E-state index contributed by atoms with van der Waals surface area (Å²) in [6.07, 6.45) is 1.51. The van der Waals surface area contributed by atoms with Gasteiger partial charge in [-0.3, -0.25) is 10.1 Å². The maximum Gasteiger partial charge on any atom is 0.363 e. The maximum absolute atomic E-state index is 12.3. The molecule has 9 heteroatoms. The summed E-state index contributed by atoms with van der Waals surface area (Å²) in [5.74, 6) is 0.658. The molecule has 0 amide bonds. The fraction of sp³-hybridized carbons (Fsp3) is 0.200. The predicted molar refractivity (Wildman–Crippen MR) is 105 cm³/mol. The van der Waals surface area contributed by atoms with Crippen molar-refractivity contribution in [3.8, 4) is 17.2 Å². The van der Waals surface area contributed by atoms with E-state index in [0.717, 1.165) is 0 Å². The highest BCUT2D eigenvalue weighted by Crippen LogP contribution is 2.41. The van der Waals surface area contributed by atoms with Crippen LogP contribution in [-0.4, -0.2) is 38.1 Å². The first kappa shape index (κ1) is 19.9. The molecule has 1 aliphatic rings. The van der Waals surface area contributed by atoms with Crippen LogP contribution in [0.4, 0.5) is 5.69 Å². The fourth-order valence-electron chi connectivity index (χ4n) is 2.91. The first-order chi connectivity index (χ1) is 13.9. The summed E-state index contributed by atoms with van der Waals surface area (Å²) in [7, 11) is 4.46. The number of carbonyl (C=O) groups excluding carboxylic acids is 1. The van der Waals surface area contributed by atoms with Crippen molar-refractivity contribution in [2.45, 2.75) is 6.92 Å². The number of hydrogen-bond acceptors (Lipinski definition) is 8. The molecule has 150 valence electrons. The number of nitrogens with zero attached hydrogens (tertiary/aromatic N) is 2. The van der Waals surface area contributed by atoms with E-state index in [1.54, 1.807) is 25.1 Å².